The van der Waals surface area contributed by atoms with Gasteiger partial charge in [-0.05, 0) is 18.2 Å². The Hall–Kier alpha value is -4.07. The molecule has 1 amide bonds. The zero-order chi connectivity index (χ0) is 19.5. The maximum atomic E-state index is 12.7. The normalized spacial score (nSPS) is 10.6. The molecule has 0 spiro atoms. The van der Waals surface area contributed by atoms with Gasteiger partial charge >= 0.3 is 5.69 Å². The first-order valence-electron chi connectivity index (χ1n) is 8.53. The summed E-state index contributed by atoms with van der Waals surface area (Å²) in [7, 11) is 1.84. The van der Waals surface area contributed by atoms with Crippen molar-refractivity contribution in [1.29, 1.82) is 0 Å². The van der Waals surface area contributed by atoms with Gasteiger partial charge in [-0.25, -0.2) is 4.79 Å². The van der Waals surface area contributed by atoms with Crippen molar-refractivity contribution in [2.24, 2.45) is 7.05 Å². The van der Waals surface area contributed by atoms with Crippen LogP contribution in [0.15, 0.2) is 71.8 Å². The molecule has 4 aromatic rings. The van der Waals surface area contributed by atoms with Gasteiger partial charge in [0.05, 0.1) is 5.69 Å². The Balaban J connectivity index is 1.62. The highest BCUT2D eigenvalue weighted by Gasteiger charge is 2.12. The first kappa shape index (κ1) is 17.3. The molecule has 0 atom stereocenters. The summed E-state index contributed by atoms with van der Waals surface area (Å²) in [6.45, 7) is 0. The predicted octanol–water partition coefficient (Wildman–Crippen LogP) is 2.48. The highest BCUT2D eigenvalue weighted by molar-refractivity contribution is 6.03. The minimum absolute atomic E-state index is 0.128. The van der Waals surface area contributed by atoms with Gasteiger partial charge < -0.3 is 14.9 Å². The monoisotopic (exact) mass is 372 g/mol. The molecule has 0 bridgehead atoms. The molecule has 4 rings (SSSR count). The van der Waals surface area contributed by atoms with Gasteiger partial charge in [-0.2, -0.15) is 4.98 Å². The molecule has 28 heavy (non-hydrogen) atoms. The lowest BCUT2D eigenvalue weighted by atomic mass is 10.1. The molecule has 0 unspecified atom stereocenters. The van der Waals surface area contributed by atoms with Gasteiger partial charge in [0.1, 0.15) is 12.0 Å². The molecular weight excluding hydrogens is 356 g/mol. The minimum Gasteiger partial charge on any atom is -0.321 e. The third-order valence-corrected chi connectivity index (χ3v) is 4.15. The summed E-state index contributed by atoms with van der Waals surface area (Å²) in [5.41, 5.74) is 2.12. The molecule has 0 saturated heterocycles. The topological polar surface area (TPSA) is 106 Å². The molecule has 0 aliphatic rings. The summed E-state index contributed by atoms with van der Waals surface area (Å²) >= 11 is 0. The fourth-order valence-electron chi connectivity index (χ4n) is 2.82. The Morgan fingerprint density at radius 1 is 1.04 bits per heavy atom. The van der Waals surface area contributed by atoms with E-state index in [4.69, 9.17) is 0 Å². The van der Waals surface area contributed by atoms with Gasteiger partial charge in [0, 0.05) is 23.9 Å². The summed E-state index contributed by atoms with van der Waals surface area (Å²) in [6, 6.07) is 18.0. The fraction of sp³-hybridized carbons (Fsp3) is 0.0500. The van der Waals surface area contributed by atoms with Crippen LogP contribution in [-0.2, 0) is 7.05 Å². The van der Waals surface area contributed by atoms with Crippen molar-refractivity contribution in [3.05, 3.63) is 83.2 Å². The number of amides is 1. The second-order valence-electron chi connectivity index (χ2n) is 6.15. The lowest BCUT2D eigenvalue weighted by molar-refractivity contribution is 0.102. The van der Waals surface area contributed by atoms with Crippen LogP contribution in [0.5, 0.6) is 0 Å². The van der Waals surface area contributed by atoms with E-state index in [1.165, 1.54) is 0 Å². The molecule has 2 aromatic heterocycles. The Morgan fingerprint density at radius 2 is 1.82 bits per heavy atom. The summed E-state index contributed by atoms with van der Waals surface area (Å²) in [4.78, 5) is 31.0. The quantitative estimate of drug-likeness (QED) is 0.572. The molecule has 2 N–H and O–H groups in total. The molecule has 8 nitrogen and oxygen atoms in total. The summed E-state index contributed by atoms with van der Waals surface area (Å²) in [5.74, 6) is 0.242. The van der Waals surface area contributed by atoms with E-state index >= 15 is 0 Å². The van der Waals surface area contributed by atoms with Crippen LogP contribution in [0.3, 0.4) is 0 Å². The van der Waals surface area contributed by atoms with E-state index in [0.29, 0.717) is 17.2 Å². The summed E-state index contributed by atoms with van der Waals surface area (Å²) in [5, 5.41) is 10.7. The van der Waals surface area contributed by atoms with Crippen molar-refractivity contribution in [1.82, 2.24) is 24.7 Å². The number of rotatable bonds is 4. The molecule has 0 radical (unpaired) electrons. The Kier molecular flexibility index (Phi) is 4.51. The van der Waals surface area contributed by atoms with E-state index in [9.17, 15) is 9.59 Å². The molecule has 0 saturated carbocycles. The third kappa shape index (κ3) is 3.56. The highest BCUT2D eigenvalue weighted by Crippen LogP contribution is 2.21. The van der Waals surface area contributed by atoms with Gasteiger partial charge in [0.2, 0.25) is 0 Å². The highest BCUT2D eigenvalue weighted by atomic mass is 16.2. The van der Waals surface area contributed by atoms with E-state index in [-0.39, 0.29) is 5.69 Å². The number of benzene rings is 2. The molecular formula is C20H16N6O2. The number of aryl methyl sites for hydroxylation is 1. The Labute approximate surface area is 159 Å². The fourth-order valence-corrected chi connectivity index (χ4v) is 2.82. The largest absolute Gasteiger partial charge is 0.346 e. The molecule has 0 aliphatic heterocycles. The van der Waals surface area contributed by atoms with Crippen LogP contribution in [0.4, 0.5) is 5.69 Å². The molecule has 138 valence electrons. The van der Waals surface area contributed by atoms with Crippen LogP contribution in [0.25, 0.3) is 22.6 Å². The van der Waals surface area contributed by atoms with Gasteiger partial charge in [0.25, 0.3) is 5.91 Å². The van der Waals surface area contributed by atoms with E-state index in [0.717, 1.165) is 11.1 Å². The molecule has 8 heteroatoms. The number of hydrogen-bond acceptors (Lipinski definition) is 5. The number of anilines is 1. The van der Waals surface area contributed by atoms with Crippen molar-refractivity contribution in [2.45, 2.75) is 0 Å². The lowest BCUT2D eigenvalue weighted by Crippen LogP contribution is -2.21. The summed E-state index contributed by atoms with van der Waals surface area (Å²) in [6.07, 6.45) is 1.60. The van der Waals surface area contributed by atoms with Gasteiger partial charge in [0.15, 0.2) is 5.82 Å². The van der Waals surface area contributed by atoms with E-state index in [2.05, 4.69) is 25.5 Å². The zero-order valence-corrected chi connectivity index (χ0v) is 15.0. The zero-order valence-electron chi connectivity index (χ0n) is 15.0. The number of nitrogens with one attached hydrogen (secondary N) is 2. The van der Waals surface area contributed by atoms with Gasteiger partial charge in [-0.15, -0.1) is 10.2 Å². The van der Waals surface area contributed by atoms with Crippen LogP contribution in [0.2, 0.25) is 0 Å². The van der Waals surface area contributed by atoms with Crippen LogP contribution < -0.4 is 11.0 Å². The Bertz CT molecular complexity index is 1200. The first-order valence-corrected chi connectivity index (χ1v) is 8.53. The predicted molar refractivity (Wildman–Crippen MR) is 105 cm³/mol. The number of carbonyl (C=O) groups is 1. The maximum Gasteiger partial charge on any atom is 0.346 e. The Morgan fingerprint density at radius 3 is 2.57 bits per heavy atom. The van der Waals surface area contributed by atoms with E-state index in [1.54, 1.807) is 29.1 Å². The number of aromatic nitrogens is 5. The van der Waals surface area contributed by atoms with Crippen molar-refractivity contribution < 1.29 is 4.79 Å². The molecule has 2 aromatic carbocycles. The van der Waals surface area contributed by atoms with Gasteiger partial charge in [-0.3, -0.25) is 4.79 Å². The van der Waals surface area contributed by atoms with Crippen LogP contribution in [0.1, 0.15) is 10.5 Å². The third-order valence-electron chi connectivity index (χ3n) is 4.15. The molecule has 0 aliphatic carbocycles. The molecule has 0 fully saturated rings. The van der Waals surface area contributed by atoms with Crippen molar-refractivity contribution in [3.8, 4) is 22.6 Å². The van der Waals surface area contributed by atoms with Crippen molar-refractivity contribution in [3.63, 3.8) is 0 Å². The molecule has 2 heterocycles. The maximum absolute atomic E-state index is 12.7. The standard InChI is InChI=1S/C20H16N6O2/c1-26-12-21-25-18(26)14-8-5-9-15(10-14)22-19(27)17-11-16(23-20(28)24-17)13-6-3-2-4-7-13/h2-12H,1H3,(H,22,27)(H,23,24,28). The van der Waals surface area contributed by atoms with Crippen molar-refractivity contribution in [2.75, 3.05) is 5.32 Å². The van der Waals surface area contributed by atoms with E-state index < -0.39 is 11.6 Å². The van der Waals surface area contributed by atoms with Crippen LogP contribution in [0, 0.1) is 0 Å². The van der Waals surface area contributed by atoms with Crippen molar-refractivity contribution >= 4 is 11.6 Å². The summed E-state index contributed by atoms with van der Waals surface area (Å²) < 4.78 is 1.79. The van der Waals surface area contributed by atoms with E-state index in [1.807, 2.05) is 49.5 Å². The second kappa shape index (κ2) is 7.28. The average Bonchev–Trinajstić information content (AvgIpc) is 3.14. The van der Waals surface area contributed by atoms with Crippen LogP contribution >= 0.6 is 0 Å². The number of H-pyrrole nitrogens is 1. The number of carbonyl (C=O) groups excluding carboxylic acids is 1. The minimum atomic E-state index is -0.584. The number of aromatic amines is 1. The number of hydrogen-bond donors (Lipinski definition) is 2. The number of nitrogens with zero attached hydrogens (tertiary/aromatic N) is 4. The second-order valence-corrected chi connectivity index (χ2v) is 6.15. The van der Waals surface area contributed by atoms with Crippen LogP contribution in [-0.4, -0.2) is 30.6 Å². The SMILES string of the molecule is Cn1cnnc1-c1cccc(NC(=O)c2cc(-c3ccccc3)nc(=O)[nH]2)c1. The lowest BCUT2D eigenvalue weighted by Gasteiger charge is -2.08. The van der Waals surface area contributed by atoms with Gasteiger partial charge in [-0.1, -0.05) is 42.5 Å². The smallest absolute Gasteiger partial charge is 0.321 e. The average molecular weight is 372 g/mol. The first-order chi connectivity index (χ1) is 13.6.